The molecular formula is C18H29BrO3. The Labute approximate surface area is 143 Å². The molecule has 0 aliphatic rings. The topological polar surface area (TPSA) is 27.7 Å². The summed E-state index contributed by atoms with van der Waals surface area (Å²) in [6, 6.07) is 8.21. The van der Waals surface area contributed by atoms with Crippen molar-refractivity contribution in [1.82, 2.24) is 0 Å². The summed E-state index contributed by atoms with van der Waals surface area (Å²) in [6.45, 7) is 1.85. The fraction of sp³-hybridized carbons (Fsp3) is 0.667. The zero-order valence-electron chi connectivity index (χ0n) is 13.9. The standard InChI is InChI=1S/C18H29BrO3/c1-3-21-18(20-2)22-17-13-11-16(12-14-17)10-8-6-4-5-7-9-15-19/h11-14,18H,3-10,15H2,1-2H3. The Kier molecular flexibility index (Phi) is 11.4. The second-order valence-electron chi connectivity index (χ2n) is 5.30. The predicted molar refractivity (Wildman–Crippen MR) is 94.7 cm³/mol. The van der Waals surface area contributed by atoms with Gasteiger partial charge in [-0.25, -0.2) is 0 Å². The number of methoxy groups -OCH3 is 1. The van der Waals surface area contributed by atoms with E-state index in [2.05, 4.69) is 28.1 Å². The molecule has 1 atom stereocenters. The molecule has 0 heterocycles. The molecule has 3 nitrogen and oxygen atoms in total. The summed E-state index contributed by atoms with van der Waals surface area (Å²) >= 11 is 3.47. The Hall–Kier alpha value is -0.580. The third-order valence-corrected chi connectivity index (χ3v) is 4.06. The van der Waals surface area contributed by atoms with Crippen molar-refractivity contribution in [2.75, 3.05) is 19.0 Å². The first-order valence-corrected chi connectivity index (χ1v) is 9.38. The number of hydrogen-bond acceptors (Lipinski definition) is 3. The van der Waals surface area contributed by atoms with Crippen LogP contribution in [-0.4, -0.2) is 25.5 Å². The van der Waals surface area contributed by atoms with Gasteiger partial charge in [-0.3, -0.25) is 0 Å². The van der Waals surface area contributed by atoms with Crippen LogP contribution in [0.2, 0.25) is 0 Å². The van der Waals surface area contributed by atoms with E-state index in [1.807, 2.05) is 19.1 Å². The highest BCUT2D eigenvalue weighted by molar-refractivity contribution is 9.09. The quantitative estimate of drug-likeness (QED) is 0.266. The molecule has 0 N–H and O–H groups in total. The summed E-state index contributed by atoms with van der Waals surface area (Å²) < 4.78 is 16.0. The van der Waals surface area contributed by atoms with Crippen molar-refractivity contribution < 1.29 is 14.2 Å². The molecule has 1 aromatic rings. The van der Waals surface area contributed by atoms with E-state index in [0.717, 1.165) is 17.5 Å². The number of halogens is 1. The minimum Gasteiger partial charge on any atom is -0.441 e. The van der Waals surface area contributed by atoms with Crippen LogP contribution in [-0.2, 0) is 15.9 Å². The Morgan fingerprint density at radius 3 is 2.18 bits per heavy atom. The minimum absolute atomic E-state index is 0.562. The van der Waals surface area contributed by atoms with Crippen LogP contribution in [0.3, 0.4) is 0 Å². The average Bonchev–Trinajstić information content (AvgIpc) is 2.55. The predicted octanol–water partition coefficient (Wildman–Crippen LogP) is 5.31. The molecule has 0 radical (unpaired) electrons. The second-order valence-corrected chi connectivity index (χ2v) is 6.09. The first-order chi connectivity index (χ1) is 10.8. The lowest BCUT2D eigenvalue weighted by atomic mass is 10.0. The molecule has 1 unspecified atom stereocenters. The van der Waals surface area contributed by atoms with Gasteiger partial charge in [-0.15, -0.1) is 0 Å². The normalized spacial score (nSPS) is 12.3. The number of alkyl halides is 1. The molecule has 1 aromatic carbocycles. The maximum absolute atomic E-state index is 5.59. The lowest BCUT2D eigenvalue weighted by Gasteiger charge is -2.16. The summed E-state index contributed by atoms with van der Waals surface area (Å²) in [5, 5.41) is 1.13. The van der Waals surface area contributed by atoms with Gasteiger partial charge in [0.05, 0.1) is 6.61 Å². The first-order valence-electron chi connectivity index (χ1n) is 8.26. The molecule has 0 aliphatic heterocycles. The average molecular weight is 373 g/mol. The van der Waals surface area contributed by atoms with Crippen molar-refractivity contribution in [3.8, 4) is 5.75 Å². The molecular weight excluding hydrogens is 344 g/mol. The molecule has 0 aromatic heterocycles. The third kappa shape index (κ3) is 8.76. The van der Waals surface area contributed by atoms with Crippen LogP contribution in [0.1, 0.15) is 51.0 Å². The molecule has 1 rings (SSSR count). The van der Waals surface area contributed by atoms with Crippen molar-refractivity contribution >= 4 is 15.9 Å². The Bertz CT molecular complexity index is 367. The van der Waals surface area contributed by atoms with E-state index >= 15 is 0 Å². The molecule has 4 heteroatoms. The lowest BCUT2D eigenvalue weighted by molar-refractivity contribution is -0.231. The number of benzene rings is 1. The van der Waals surface area contributed by atoms with Gasteiger partial charge < -0.3 is 14.2 Å². The van der Waals surface area contributed by atoms with Crippen LogP contribution in [0.25, 0.3) is 0 Å². The summed E-state index contributed by atoms with van der Waals surface area (Å²) in [6.07, 6.45) is 9.05. The van der Waals surface area contributed by atoms with Crippen molar-refractivity contribution in [2.45, 2.75) is 58.3 Å². The van der Waals surface area contributed by atoms with Gasteiger partial charge in [0.25, 0.3) is 0 Å². The van der Waals surface area contributed by atoms with Gasteiger partial charge in [0, 0.05) is 12.4 Å². The fourth-order valence-corrected chi connectivity index (χ4v) is 2.66. The molecule has 22 heavy (non-hydrogen) atoms. The van der Waals surface area contributed by atoms with E-state index in [0.29, 0.717) is 6.61 Å². The van der Waals surface area contributed by atoms with Crippen molar-refractivity contribution in [1.29, 1.82) is 0 Å². The zero-order valence-corrected chi connectivity index (χ0v) is 15.4. The number of hydrogen-bond donors (Lipinski definition) is 0. The van der Waals surface area contributed by atoms with Gasteiger partial charge >= 0.3 is 6.48 Å². The van der Waals surface area contributed by atoms with Gasteiger partial charge in [-0.2, -0.15) is 0 Å². The van der Waals surface area contributed by atoms with E-state index in [-0.39, 0.29) is 0 Å². The molecule has 0 aliphatic carbocycles. The number of ether oxygens (including phenoxy) is 3. The van der Waals surface area contributed by atoms with E-state index in [1.165, 1.54) is 44.1 Å². The van der Waals surface area contributed by atoms with Crippen LogP contribution in [0.5, 0.6) is 5.75 Å². The molecule has 0 fully saturated rings. The molecule has 0 amide bonds. The van der Waals surface area contributed by atoms with E-state index in [9.17, 15) is 0 Å². The highest BCUT2D eigenvalue weighted by Gasteiger charge is 2.07. The number of unbranched alkanes of at least 4 members (excludes halogenated alkanes) is 5. The van der Waals surface area contributed by atoms with Crippen LogP contribution in [0.4, 0.5) is 0 Å². The van der Waals surface area contributed by atoms with Gasteiger partial charge in [-0.05, 0) is 43.9 Å². The Morgan fingerprint density at radius 1 is 0.955 bits per heavy atom. The Balaban J connectivity index is 2.21. The largest absolute Gasteiger partial charge is 0.441 e. The Morgan fingerprint density at radius 2 is 1.59 bits per heavy atom. The van der Waals surface area contributed by atoms with Crippen LogP contribution < -0.4 is 4.74 Å². The maximum atomic E-state index is 5.59. The first kappa shape index (κ1) is 19.5. The number of rotatable bonds is 13. The SMILES string of the molecule is CCOC(OC)Oc1ccc(CCCCCCCCBr)cc1. The highest BCUT2D eigenvalue weighted by Crippen LogP contribution is 2.17. The van der Waals surface area contributed by atoms with E-state index in [4.69, 9.17) is 14.2 Å². The highest BCUT2D eigenvalue weighted by atomic mass is 79.9. The summed E-state index contributed by atoms with van der Waals surface area (Å²) in [5.41, 5.74) is 1.36. The van der Waals surface area contributed by atoms with Crippen LogP contribution >= 0.6 is 15.9 Å². The number of aryl methyl sites for hydroxylation is 1. The minimum atomic E-state index is -0.629. The van der Waals surface area contributed by atoms with Crippen molar-refractivity contribution in [2.24, 2.45) is 0 Å². The monoisotopic (exact) mass is 372 g/mol. The van der Waals surface area contributed by atoms with Gasteiger partial charge in [0.2, 0.25) is 0 Å². The van der Waals surface area contributed by atoms with Gasteiger partial charge in [0.1, 0.15) is 5.75 Å². The van der Waals surface area contributed by atoms with Crippen molar-refractivity contribution in [3.63, 3.8) is 0 Å². The van der Waals surface area contributed by atoms with E-state index in [1.54, 1.807) is 7.11 Å². The lowest BCUT2D eigenvalue weighted by Crippen LogP contribution is -2.22. The molecule has 0 saturated carbocycles. The van der Waals surface area contributed by atoms with Crippen molar-refractivity contribution in [3.05, 3.63) is 29.8 Å². The van der Waals surface area contributed by atoms with Crippen LogP contribution in [0, 0.1) is 0 Å². The molecule has 0 spiro atoms. The summed E-state index contributed by atoms with van der Waals surface area (Å²) in [7, 11) is 1.58. The molecule has 126 valence electrons. The zero-order chi connectivity index (χ0) is 16.0. The fourth-order valence-electron chi connectivity index (χ4n) is 2.26. The smallest absolute Gasteiger partial charge is 0.315 e. The van der Waals surface area contributed by atoms with Crippen LogP contribution in [0.15, 0.2) is 24.3 Å². The summed E-state index contributed by atoms with van der Waals surface area (Å²) in [4.78, 5) is 0. The third-order valence-electron chi connectivity index (χ3n) is 3.50. The summed E-state index contributed by atoms with van der Waals surface area (Å²) in [5.74, 6) is 0.777. The van der Waals surface area contributed by atoms with Gasteiger partial charge in [0.15, 0.2) is 0 Å². The van der Waals surface area contributed by atoms with E-state index < -0.39 is 6.48 Å². The molecule has 0 saturated heterocycles. The maximum Gasteiger partial charge on any atom is 0.315 e. The van der Waals surface area contributed by atoms with Gasteiger partial charge in [-0.1, -0.05) is 53.7 Å². The molecule has 0 bridgehead atoms. The second kappa shape index (κ2) is 12.9.